The van der Waals surface area contributed by atoms with Crippen LogP contribution in [0.2, 0.25) is 0 Å². The molecule has 2 fully saturated rings. The fraction of sp³-hybridized carbons (Fsp3) is 0.682. The molecule has 0 amide bonds. The van der Waals surface area contributed by atoms with Gasteiger partial charge in [0.05, 0.1) is 18.8 Å². The number of aliphatic imine (C=N–C) groups is 1. The van der Waals surface area contributed by atoms with Crippen molar-refractivity contribution in [1.29, 1.82) is 0 Å². The summed E-state index contributed by atoms with van der Waals surface area (Å²) in [6, 6.07) is 11.2. The van der Waals surface area contributed by atoms with Gasteiger partial charge in [-0.05, 0) is 25.1 Å². The lowest BCUT2D eigenvalue weighted by Crippen LogP contribution is -2.50. The van der Waals surface area contributed by atoms with E-state index in [4.69, 9.17) is 4.74 Å². The van der Waals surface area contributed by atoms with E-state index in [0.29, 0.717) is 6.04 Å². The summed E-state index contributed by atoms with van der Waals surface area (Å²) in [5.74, 6) is 0.990. The Morgan fingerprint density at radius 1 is 1.25 bits per heavy atom. The van der Waals surface area contributed by atoms with Gasteiger partial charge in [0.1, 0.15) is 0 Å². The van der Waals surface area contributed by atoms with Gasteiger partial charge in [-0.1, -0.05) is 44.2 Å². The van der Waals surface area contributed by atoms with Gasteiger partial charge in [-0.2, -0.15) is 0 Å². The standard InChI is InChI=1S/C22H37N5O/c1-22(2,17-25(4)5)16-24-21(23-3)27-14-19-20(15-27)28-12-11-26(19)13-18-9-7-6-8-10-18/h6-10,19-20H,11-17H2,1-5H3,(H,23,24). The number of nitrogens with zero attached hydrogens (tertiary/aromatic N) is 4. The van der Waals surface area contributed by atoms with E-state index < -0.39 is 0 Å². The molecule has 0 radical (unpaired) electrons. The Morgan fingerprint density at radius 2 is 2.00 bits per heavy atom. The van der Waals surface area contributed by atoms with E-state index >= 15 is 0 Å². The zero-order valence-corrected chi connectivity index (χ0v) is 18.2. The van der Waals surface area contributed by atoms with E-state index in [0.717, 1.165) is 51.8 Å². The van der Waals surface area contributed by atoms with E-state index in [1.165, 1.54) is 5.56 Å². The van der Waals surface area contributed by atoms with Crippen molar-refractivity contribution in [2.75, 3.05) is 60.5 Å². The summed E-state index contributed by atoms with van der Waals surface area (Å²) in [5, 5.41) is 3.61. The SMILES string of the molecule is CN=C(NCC(C)(C)CN(C)C)N1CC2OCCN(Cc3ccccc3)C2C1. The van der Waals surface area contributed by atoms with Crippen molar-refractivity contribution < 1.29 is 4.74 Å². The number of hydrogen-bond acceptors (Lipinski definition) is 4. The maximum atomic E-state index is 6.12. The highest BCUT2D eigenvalue weighted by atomic mass is 16.5. The molecule has 0 aromatic heterocycles. The Balaban J connectivity index is 1.60. The van der Waals surface area contributed by atoms with Gasteiger partial charge in [-0.25, -0.2) is 0 Å². The van der Waals surface area contributed by atoms with Crippen LogP contribution in [0.1, 0.15) is 19.4 Å². The van der Waals surface area contributed by atoms with Crippen molar-refractivity contribution >= 4 is 5.96 Å². The molecule has 2 saturated heterocycles. The predicted molar refractivity (Wildman–Crippen MR) is 116 cm³/mol. The minimum absolute atomic E-state index is 0.182. The molecular formula is C22H37N5O. The lowest BCUT2D eigenvalue weighted by Gasteiger charge is -2.36. The first-order chi connectivity index (χ1) is 13.4. The van der Waals surface area contributed by atoms with Crippen molar-refractivity contribution in [2.45, 2.75) is 32.5 Å². The summed E-state index contributed by atoms with van der Waals surface area (Å²) in [4.78, 5) is 11.7. The van der Waals surface area contributed by atoms with Gasteiger partial charge in [-0.15, -0.1) is 0 Å². The quantitative estimate of drug-likeness (QED) is 0.595. The number of nitrogens with one attached hydrogen (secondary N) is 1. The van der Waals surface area contributed by atoms with Crippen LogP contribution in [0.4, 0.5) is 0 Å². The molecule has 2 aliphatic heterocycles. The van der Waals surface area contributed by atoms with Crippen LogP contribution in [0.25, 0.3) is 0 Å². The predicted octanol–water partition coefficient (Wildman–Crippen LogP) is 1.73. The summed E-state index contributed by atoms with van der Waals surface area (Å²) >= 11 is 0. The van der Waals surface area contributed by atoms with Crippen molar-refractivity contribution in [3.05, 3.63) is 35.9 Å². The van der Waals surface area contributed by atoms with Crippen LogP contribution < -0.4 is 5.32 Å². The van der Waals surface area contributed by atoms with Crippen LogP contribution in [0.5, 0.6) is 0 Å². The first-order valence-corrected chi connectivity index (χ1v) is 10.4. The summed E-state index contributed by atoms with van der Waals surface area (Å²) < 4.78 is 6.12. The van der Waals surface area contributed by atoms with Crippen LogP contribution in [0.3, 0.4) is 0 Å². The Kier molecular flexibility index (Phi) is 6.96. The normalized spacial score (nSPS) is 23.9. The smallest absolute Gasteiger partial charge is 0.193 e. The zero-order chi connectivity index (χ0) is 20.1. The zero-order valence-electron chi connectivity index (χ0n) is 18.2. The summed E-state index contributed by atoms with van der Waals surface area (Å²) in [5.41, 5.74) is 1.55. The van der Waals surface area contributed by atoms with Crippen molar-refractivity contribution in [1.82, 2.24) is 20.0 Å². The molecule has 6 nitrogen and oxygen atoms in total. The first kappa shape index (κ1) is 21.1. The molecule has 28 heavy (non-hydrogen) atoms. The first-order valence-electron chi connectivity index (χ1n) is 10.4. The number of hydrogen-bond donors (Lipinski definition) is 1. The molecule has 1 aromatic carbocycles. The van der Waals surface area contributed by atoms with Gasteiger partial charge in [0.2, 0.25) is 0 Å². The van der Waals surface area contributed by atoms with Gasteiger partial charge < -0.3 is 19.9 Å². The molecule has 1 N–H and O–H groups in total. The monoisotopic (exact) mass is 387 g/mol. The van der Waals surface area contributed by atoms with Crippen molar-refractivity contribution in [2.24, 2.45) is 10.4 Å². The van der Waals surface area contributed by atoms with Gasteiger partial charge in [-0.3, -0.25) is 9.89 Å². The summed E-state index contributed by atoms with van der Waals surface area (Å²) in [6.45, 7) is 11.2. The number of ether oxygens (including phenoxy) is 1. The maximum absolute atomic E-state index is 6.12. The highest BCUT2D eigenvalue weighted by molar-refractivity contribution is 5.80. The molecule has 0 spiro atoms. The van der Waals surface area contributed by atoms with Gasteiger partial charge in [0, 0.05) is 46.3 Å². The molecule has 1 aromatic rings. The van der Waals surface area contributed by atoms with Crippen LogP contribution >= 0.6 is 0 Å². The second-order valence-corrected chi connectivity index (χ2v) is 9.14. The fourth-order valence-electron chi connectivity index (χ4n) is 4.51. The Labute approximate surface area is 170 Å². The molecule has 2 atom stereocenters. The molecule has 2 aliphatic rings. The second-order valence-electron chi connectivity index (χ2n) is 9.14. The third-order valence-electron chi connectivity index (χ3n) is 5.63. The molecular weight excluding hydrogens is 350 g/mol. The second kappa shape index (κ2) is 9.25. The number of likely N-dealkylation sites (tertiary alicyclic amines) is 1. The van der Waals surface area contributed by atoms with Crippen LogP contribution in [-0.2, 0) is 11.3 Å². The molecule has 6 heteroatoms. The summed E-state index contributed by atoms with van der Waals surface area (Å²) in [6.07, 6.45) is 0.255. The Hall–Kier alpha value is -1.63. The number of rotatable bonds is 6. The van der Waals surface area contributed by atoms with E-state index in [-0.39, 0.29) is 11.5 Å². The average Bonchev–Trinajstić information content (AvgIpc) is 3.07. The topological polar surface area (TPSA) is 43.3 Å². The van der Waals surface area contributed by atoms with Gasteiger partial charge in [0.25, 0.3) is 0 Å². The molecule has 0 aliphatic carbocycles. The maximum Gasteiger partial charge on any atom is 0.193 e. The van der Waals surface area contributed by atoms with E-state index in [1.54, 1.807) is 0 Å². The highest BCUT2D eigenvalue weighted by Crippen LogP contribution is 2.25. The number of guanidine groups is 1. The van der Waals surface area contributed by atoms with E-state index in [9.17, 15) is 0 Å². The molecule has 0 saturated carbocycles. The Morgan fingerprint density at radius 3 is 2.68 bits per heavy atom. The van der Waals surface area contributed by atoms with Crippen LogP contribution in [0.15, 0.2) is 35.3 Å². The van der Waals surface area contributed by atoms with Crippen LogP contribution in [-0.4, -0.2) is 93.3 Å². The summed E-state index contributed by atoms with van der Waals surface area (Å²) in [7, 11) is 6.13. The third-order valence-corrected chi connectivity index (χ3v) is 5.63. The largest absolute Gasteiger partial charge is 0.373 e. The Bertz CT molecular complexity index is 646. The minimum Gasteiger partial charge on any atom is -0.373 e. The number of morpholine rings is 1. The third kappa shape index (κ3) is 5.46. The molecule has 156 valence electrons. The van der Waals surface area contributed by atoms with Gasteiger partial charge in [0.15, 0.2) is 5.96 Å². The minimum atomic E-state index is 0.182. The number of benzene rings is 1. The lowest BCUT2D eigenvalue weighted by molar-refractivity contribution is -0.0502. The van der Waals surface area contributed by atoms with E-state index in [2.05, 4.69) is 83.3 Å². The fourth-order valence-corrected chi connectivity index (χ4v) is 4.51. The molecule has 2 unspecified atom stereocenters. The van der Waals surface area contributed by atoms with Crippen molar-refractivity contribution in [3.8, 4) is 0 Å². The molecule has 2 heterocycles. The van der Waals surface area contributed by atoms with E-state index in [1.807, 2.05) is 7.05 Å². The van der Waals surface area contributed by atoms with Gasteiger partial charge >= 0.3 is 0 Å². The van der Waals surface area contributed by atoms with Crippen molar-refractivity contribution in [3.63, 3.8) is 0 Å². The van der Waals surface area contributed by atoms with Crippen LogP contribution in [0, 0.1) is 5.41 Å². The molecule has 0 bridgehead atoms. The molecule has 3 rings (SSSR count). The lowest BCUT2D eigenvalue weighted by atomic mass is 9.93. The highest BCUT2D eigenvalue weighted by Gasteiger charge is 2.41. The average molecular weight is 388 g/mol. The number of fused-ring (bicyclic) bond motifs is 1.